The molecule has 4 heteroatoms. The molecule has 0 fully saturated rings. The van der Waals surface area contributed by atoms with Crippen LogP contribution < -0.4 is 0 Å². The van der Waals surface area contributed by atoms with Crippen LogP contribution in [0.1, 0.15) is 33.1 Å². The van der Waals surface area contributed by atoms with Crippen molar-refractivity contribution in [2.45, 2.75) is 21.7 Å². The normalized spacial score (nSPS) is 15.7. The highest BCUT2D eigenvalue weighted by Crippen LogP contribution is 2.22. The standard InChI is InChI=1S/C8H10I2N2/c1-5(9)7-3-4-8(6(2)10)12-11-7/h3-6H,1-2H3. The first kappa shape index (κ1) is 10.6. The van der Waals surface area contributed by atoms with Gasteiger partial charge in [0.05, 0.1) is 19.2 Å². The molecule has 1 aromatic rings. The Balaban J connectivity index is 2.86. The number of halogens is 2. The second kappa shape index (κ2) is 4.69. The Morgan fingerprint density at radius 3 is 1.50 bits per heavy atom. The van der Waals surface area contributed by atoms with Crippen LogP contribution in [0, 0.1) is 0 Å². The molecule has 2 unspecified atom stereocenters. The van der Waals surface area contributed by atoms with Crippen molar-refractivity contribution in [3.05, 3.63) is 23.5 Å². The predicted octanol–water partition coefficient (Wildman–Crippen LogP) is 3.47. The second-order valence-electron chi connectivity index (χ2n) is 2.62. The molecule has 0 radical (unpaired) electrons. The average molecular weight is 388 g/mol. The Bertz CT molecular complexity index is 217. The Kier molecular flexibility index (Phi) is 4.15. The average Bonchev–Trinajstić information content (AvgIpc) is 2.04. The van der Waals surface area contributed by atoms with Gasteiger partial charge in [0.15, 0.2) is 0 Å². The molecule has 2 atom stereocenters. The minimum Gasteiger partial charge on any atom is -0.154 e. The van der Waals surface area contributed by atoms with Gasteiger partial charge in [0, 0.05) is 0 Å². The van der Waals surface area contributed by atoms with Crippen LogP contribution in [0.4, 0.5) is 0 Å². The summed E-state index contributed by atoms with van der Waals surface area (Å²) < 4.78 is 0.877. The van der Waals surface area contributed by atoms with Crippen molar-refractivity contribution in [3.63, 3.8) is 0 Å². The third-order valence-corrected chi connectivity index (χ3v) is 2.80. The monoisotopic (exact) mass is 388 g/mol. The van der Waals surface area contributed by atoms with E-state index in [0.717, 1.165) is 11.4 Å². The molecule has 1 heterocycles. The Morgan fingerprint density at radius 1 is 1.00 bits per heavy atom. The number of aromatic nitrogens is 2. The molecule has 66 valence electrons. The lowest BCUT2D eigenvalue weighted by Crippen LogP contribution is -1.97. The zero-order valence-corrected chi connectivity index (χ0v) is 11.3. The van der Waals surface area contributed by atoms with E-state index < -0.39 is 0 Å². The molecule has 1 rings (SSSR count). The van der Waals surface area contributed by atoms with Gasteiger partial charge in [0.1, 0.15) is 0 Å². The van der Waals surface area contributed by atoms with Crippen LogP contribution >= 0.6 is 45.2 Å². The number of hydrogen-bond donors (Lipinski definition) is 0. The molecule has 12 heavy (non-hydrogen) atoms. The van der Waals surface area contributed by atoms with Crippen LogP contribution in [0.15, 0.2) is 12.1 Å². The molecular weight excluding hydrogens is 378 g/mol. The third kappa shape index (κ3) is 2.79. The molecule has 0 bridgehead atoms. The summed E-state index contributed by atoms with van der Waals surface area (Å²) in [5.41, 5.74) is 2.10. The zero-order valence-electron chi connectivity index (χ0n) is 6.96. The first-order valence-electron chi connectivity index (χ1n) is 3.73. The van der Waals surface area contributed by atoms with Gasteiger partial charge in [-0.2, -0.15) is 10.2 Å². The Morgan fingerprint density at radius 2 is 1.33 bits per heavy atom. The summed E-state index contributed by atoms with van der Waals surface area (Å²) in [6, 6.07) is 4.10. The number of nitrogens with zero attached hydrogens (tertiary/aromatic N) is 2. The molecule has 0 spiro atoms. The summed E-state index contributed by atoms with van der Waals surface area (Å²) in [4.78, 5) is 0. The molecular formula is C8H10I2N2. The van der Waals surface area contributed by atoms with Crippen LogP contribution in [0.5, 0.6) is 0 Å². The molecule has 0 saturated heterocycles. The van der Waals surface area contributed by atoms with Crippen molar-refractivity contribution in [3.8, 4) is 0 Å². The molecule has 1 aromatic heterocycles. The summed E-state index contributed by atoms with van der Waals surface area (Å²) in [6.07, 6.45) is 0. The first-order chi connectivity index (χ1) is 5.61. The van der Waals surface area contributed by atoms with E-state index in [2.05, 4.69) is 81.4 Å². The maximum absolute atomic E-state index is 4.14. The fourth-order valence-corrected chi connectivity index (χ4v) is 1.44. The van der Waals surface area contributed by atoms with E-state index in [1.165, 1.54) is 0 Å². The molecule has 0 N–H and O–H groups in total. The summed E-state index contributed by atoms with van der Waals surface area (Å²) in [6.45, 7) is 4.22. The molecule has 0 aliphatic heterocycles. The van der Waals surface area contributed by atoms with Gasteiger partial charge in [0.25, 0.3) is 0 Å². The highest BCUT2D eigenvalue weighted by atomic mass is 127. The van der Waals surface area contributed by atoms with Crippen LogP contribution in [0.25, 0.3) is 0 Å². The largest absolute Gasteiger partial charge is 0.154 e. The minimum absolute atomic E-state index is 0.439. The van der Waals surface area contributed by atoms with Gasteiger partial charge in [-0.3, -0.25) is 0 Å². The van der Waals surface area contributed by atoms with Crippen molar-refractivity contribution in [1.82, 2.24) is 10.2 Å². The summed E-state index contributed by atoms with van der Waals surface area (Å²) >= 11 is 4.67. The van der Waals surface area contributed by atoms with Gasteiger partial charge in [-0.1, -0.05) is 45.2 Å². The van der Waals surface area contributed by atoms with Crippen LogP contribution in [0.2, 0.25) is 0 Å². The molecule has 0 saturated carbocycles. The van der Waals surface area contributed by atoms with E-state index >= 15 is 0 Å². The second-order valence-corrected chi connectivity index (χ2v) is 6.35. The van der Waals surface area contributed by atoms with Gasteiger partial charge in [-0.15, -0.1) is 0 Å². The maximum Gasteiger partial charge on any atom is 0.0756 e. The fraction of sp³-hybridized carbons (Fsp3) is 0.500. The van der Waals surface area contributed by atoms with Crippen LogP contribution in [0.3, 0.4) is 0 Å². The molecule has 0 aliphatic carbocycles. The fourth-order valence-electron chi connectivity index (χ4n) is 0.777. The van der Waals surface area contributed by atoms with E-state index in [1.54, 1.807) is 0 Å². The SMILES string of the molecule is CC(I)c1ccc(C(C)I)nn1. The quantitative estimate of drug-likeness (QED) is 0.573. The first-order valence-corrected chi connectivity index (χ1v) is 6.22. The van der Waals surface area contributed by atoms with E-state index in [0.29, 0.717) is 7.85 Å². The van der Waals surface area contributed by atoms with Gasteiger partial charge in [-0.25, -0.2) is 0 Å². The van der Waals surface area contributed by atoms with E-state index in [-0.39, 0.29) is 0 Å². The number of hydrogen-bond acceptors (Lipinski definition) is 2. The van der Waals surface area contributed by atoms with Gasteiger partial charge >= 0.3 is 0 Å². The Labute approximate surface area is 99.8 Å². The third-order valence-electron chi connectivity index (χ3n) is 1.52. The highest BCUT2D eigenvalue weighted by molar-refractivity contribution is 14.1. The lowest BCUT2D eigenvalue weighted by Gasteiger charge is -2.04. The minimum atomic E-state index is 0.439. The zero-order chi connectivity index (χ0) is 9.14. The van der Waals surface area contributed by atoms with Crippen LogP contribution in [-0.2, 0) is 0 Å². The van der Waals surface area contributed by atoms with E-state index in [1.807, 2.05) is 0 Å². The lowest BCUT2D eigenvalue weighted by atomic mass is 10.2. The van der Waals surface area contributed by atoms with Crippen molar-refractivity contribution in [2.24, 2.45) is 0 Å². The smallest absolute Gasteiger partial charge is 0.0756 e. The number of rotatable bonds is 2. The summed E-state index contributed by atoms with van der Waals surface area (Å²) in [5.74, 6) is 0. The predicted molar refractivity (Wildman–Crippen MR) is 66.9 cm³/mol. The Hall–Kier alpha value is 0.540. The van der Waals surface area contributed by atoms with Gasteiger partial charge in [0.2, 0.25) is 0 Å². The van der Waals surface area contributed by atoms with E-state index in [4.69, 9.17) is 0 Å². The van der Waals surface area contributed by atoms with Crippen molar-refractivity contribution in [1.29, 1.82) is 0 Å². The number of alkyl halides is 2. The molecule has 0 aromatic carbocycles. The summed E-state index contributed by atoms with van der Waals surface area (Å²) in [7, 11) is 0. The van der Waals surface area contributed by atoms with Gasteiger partial charge < -0.3 is 0 Å². The van der Waals surface area contributed by atoms with Gasteiger partial charge in [-0.05, 0) is 26.0 Å². The summed E-state index contributed by atoms with van der Waals surface area (Å²) in [5, 5.41) is 8.27. The highest BCUT2D eigenvalue weighted by Gasteiger charge is 2.05. The van der Waals surface area contributed by atoms with Crippen molar-refractivity contribution in [2.75, 3.05) is 0 Å². The maximum atomic E-state index is 4.14. The van der Waals surface area contributed by atoms with E-state index in [9.17, 15) is 0 Å². The topological polar surface area (TPSA) is 25.8 Å². The molecule has 0 aliphatic rings. The molecule has 2 nitrogen and oxygen atoms in total. The molecule has 0 amide bonds. The van der Waals surface area contributed by atoms with Crippen molar-refractivity contribution >= 4 is 45.2 Å². The van der Waals surface area contributed by atoms with Crippen molar-refractivity contribution < 1.29 is 0 Å². The van der Waals surface area contributed by atoms with Crippen LogP contribution in [-0.4, -0.2) is 10.2 Å². The lowest BCUT2D eigenvalue weighted by molar-refractivity contribution is 0.865.